The normalized spacial score (nSPS) is 10.7. The molecule has 1 aromatic heterocycles. The van der Waals surface area contributed by atoms with Gasteiger partial charge in [-0.05, 0) is 35.0 Å². The number of fused-ring (bicyclic) bond motifs is 1. The zero-order chi connectivity index (χ0) is 17.2. The van der Waals surface area contributed by atoms with Gasteiger partial charge < -0.3 is 5.32 Å². The van der Waals surface area contributed by atoms with Gasteiger partial charge in [-0.3, -0.25) is 14.7 Å². The van der Waals surface area contributed by atoms with Gasteiger partial charge in [0.05, 0.1) is 5.69 Å². The number of nitrogens with zero attached hydrogens (tertiary/aromatic N) is 1. The lowest BCUT2D eigenvalue weighted by molar-refractivity contribution is 0.102. The van der Waals surface area contributed by atoms with Crippen molar-refractivity contribution < 1.29 is 4.79 Å². The van der Waals surface area contributed by atoms with E-state index in [9.17, 15) is 9.59 Å². The topological polar surface area (TPSA) is 66.9 Å². The van der Waals surface area contributed by atoms with Crippen LogP contribution in [0.15, 0.2) is 83.7 Å². The summed E-state index contributed by atoms with van der Waals surface area (Å²) in [5.41, 5.74) is 1.01. The van der Waals surface area contributed by atoms with E-state index < -0.39 is 0 Å². The minimum absolute atomic E-state index is 0.236. The Morgan fingerprint density at radius 3 is 2.36 bits per heavy atom. The minimum atomic E-state index is -0.271. The van der Waals surface area contributed by atoms with Gasteiger partial charge in [0.25, 0.3) is 11.5 Å². The Morgan fingerprint density at radius 2 is 1.56 bits per heavy atom. The number of H-pyrrole nitrogens is 1. The van der Waals surface area contributed by atoms with E-state index in [1.54, 1.807) is 6.07 Å². The van der Waals surface area contributed by atoms with Crippen LogP contribution < -0.4 is 10.9 Å². The van der Waals surface area contributed by atoms with Crippen LogP contribution in [0.4, 0.5) is 5.82 Å². The summed E-state index contributed by atoms with van der Waals surface area (Å²) in [5, 5.41) is 7.71. The van der Waals surface area contributed by atoms with E-state index in [4.69, 9.17) is 0 Å². The Labute approximate surface area is 143 Å². The summed E-state index contributed by atoms with van der Waals surface area (Å²) in [6.45, 7) is 0. The van der Waals surface area contributed by atoms with Crippen LogP contribution in [0.25, 0.3) is 16.5 Å². The second-order valence-corrected chi connectivity index (χ2v) is 5.70. The van der Waals surface area contributed by atoms with Crippen molar-refractivity contribution in [2.24, 2.45) is 0 Å². The van der Waals surface area contributed by atoms with Crippen molar-refractivity contribution in [3.8, 4) is 5.69 Å². The molecule has 0 radical (unpaired) electrons. The number of hydrogen-bond acceptors (Lipinski definition) is 2. The molecule has 2 N–H and O–H groups in total. The lowest BCUT2D eigenvalue weighted by atomic mass is 10.1. The number of aromatic nitrogens is 2. The van der Waals surface area contributed by atoms with Gasteiger partial charge in [0.15, 0.2) is 0 Å². The molecule has 0 bridgehead atoms. The van der Waals surface area contributed by atoms with Gasteiger partial charge >= 0.3 is 0 Å². The van der Waals surface area contributed by atoms with Crippen LogP contribution in [0.1, 0.15) is 10.4 Å². The first kappa shape index (κ1) is 15.0. The van der Waals surface area contributed by atoms with E-state index in [0.717, 1.165) is 10.8 Å². The van der Waals surface area contributed by atoms with E-state index >= 15 is 0 Å². The number of nitrogens with one attached hydrogen (secondary N) is 2. The number of benzene rings is 3. The standard InChI is InChI=1S/C20H15N3O2/c24-19-13-18(22-23(19)17-8-2-1-3-9-17)21-20(25)16-11-10-14-6-4-5-7-15(14)12-16/h1-13,22H,(H,21,25). The fraction of sp³-hybridized carbons (Fsp3) is 0. The van der Waals surface area contributed by atoms with Gasteiger partial charge in [0.1, 0.15) is 5.82 Å². The Balaban J connectivity index is 1.61. The van der Waals surface area contributed by atoms with Crippen LogP contribution in [-0.4, -0.2) is 15.7 Å². The van der Waals surface area contributed by atoms with Crippen LogP contribution in [0.5, 0.6) is 0 Å². The summed E-state index contributed by atoms with van der Waals surface area (Å²) in [6.07, 6.45) is 0. The first-order valence-corrected chi connectivity index (χ1v) is 7.88. The predicted octanol–water partition coefficient (Wildman–Crippen LogP) is 3.57. The number of rotatable bonds is 3. The van der Waals surface area contributed by atoms with E-state index in [-0.39, 0.29) is 11.5 Å². The second-order valence-electron chi connectivity index (χ2n) is 5.70. The lowest BCUT2D eigenvalue weighted by Gasteiger charge is -2.05. The quantitative estimate of drug-likeness (QED) is 0.603. The molecule has 25 heavy (non-hydrogen) atoms. The average Bonchev–Trinajstić information content (AvgIpc) is 3.02. The Hall–Kier alpha value is -3.60. The molecule has 0 spiro atoms. The third-order valence-electron chi connectivity index (χ3n) is 3.99. The molecular formula is C20H15N3O2. The maximum Gasteiger partial charge on any atom is 0.273 e. The molecule has 0 aliphatic heterocycles. The molecule has 0 aliphatic rings. The molecule has 122 valence electrons. The molecule has 1 heterocycles. The third-order valence-corrected chi connectivity index (χ3v) is 3.99. The molecular weight excluding hydrogens is 314 g/mol. The summed E-state index contributed by atoms with van der Waals surface area (Å²) >= 11 is 0. The Bertz CT molecular complexity index is 1110. The van der Waals surface area contributed by atoms with E-state index in [1.165, 1.54) is 10.7 Å². The van der Waals surface area contributed by atoms with E-state index in [0.29, 0.717) is 17.1 Å². The van der Waals surface area contributed by atoms with Crippen molar-refractivity contribution in [3.63, 3.8) is 0 Å². The van der Waals surface area contributed by atoms with E-state index in [2.05, 4.69) is 10.4 Å². The minimum Gasteiger partial charge on any atom is -0.307 e. The van der Waals surface area contributed by atoms with Gasteiger partial charge in [0.2, 0.25) is 0 Å². The van der Waals surface area contributed by atoms with Gasteiger partial charge in [0, 0.05) is 11.6 Å². The number of amides is 1. The number of carbonyl (C=O) groups excluding carboxylic acids is 1. The first-order valence-electron chi connectivity index (χ1n) is 7.88. The molecule has 1 amide bonds. The largest absolute Gasteiger partial charge is 0.307 e. The molecule has 0 unspecified atom stereocenters. The molecule has 5 nitrogen and oxygen atoms in total. The van der Waals surface area contributed by atoms with Crippen LogP contribution in [0.2, 0.25) is 0 Å². The number of aromatic amines is 1. The van der Waals surface area contributed by atoms with Crippen LogP contribution in [0, 0.1) is 0 Å². The fourth-order valence-electron chi connectivity index (χ4n) is 2.75. The Morgan fingerprint density at radius 1 is 0.840 bits per heavy atom. The van der Waals surface area contributed by atoms with Gasteiger partial charge in [-0.1, -0.05) is 48.5 Å². The zero-order valence-electron chi connectivity index (χ0n) is 13.3. The molecule has 4 rings (SSSR count). The zero-order valence-corrected chi connectivity index (χ0v) is 13.3. The maximum atomic E-state index is 12.5. The number of anilines is 1. The summed E-state index contributed by atoms with van der Waals surface area (Å²) in [4.78, 5) is 24.6. The van der Waals surface area contributed by atoms with Crippen molar-refractivity contribution in [2.75, 3.05) is 5.32 Å². The molecule has 0 fully saturated rings. The van der Waals surface area contributed by atoms with Gasteiger partial charge in [-0.2, -0.15) is 0 Å². The molecule has 0 saturated heterocycles. The summed E-state index contributed by atoms with van der Waals surface area (Å²) in [5.74, 6) is 0.0826. The maximum absolute atomic E-state index is 12.5. The molecule has 4 aromatic rings. The molecule has 0 aliphatic carbocycles. The molecule has 5 heteroatoms. The lowest BCUT2D eigenvalue weighted by Crippen LogP contribution is -2.13. The van der Waals surface area contributed by atoms with E-state index in [1.807, 2.05) is 66.7 Å². The molecule has 0 saturated carbocycles. The number of para-hydroxylation sites is 1. The van der Waals surface area contributed by atoms with Crippen molar-refractivity contribution >= 4 is 22.5 Å². The summed E-state index contributed by atoms with van der Waals surface area (Å²) < 4.78 is 1.38. The highest BCUT2D eigenvalue weighted by Crippen LogP contribution is 2.16. The van der Waals surface area contributed by atoms with Crippen molar-refractivity contribution in [1.29, 1.82) is 0 Å². The Kier molecular flexibility index (Phi) is 3.67. The summed E-state index contributed by atoms with van der Waals surface area (Å²) in [7, 11) is 0. The van der Waals surface area contributed by atoms with Crippen molar-refractivity contribution in [2.45, 2.75) is 0 Å². The van der Waals surface area contributed by atoms with Gasteiger partial charge in [-0.15, -0.1) is 0 Å². The van der Waals surface area contributed by atoms with Crippen LogP contribution >= 0.6 is 0 Å². The van der Waals surface area contributed by atoms with Crippen molar-refractivity contribution in [1.82, 2.24) is 9.78 Å². The first-order chi connectivity index (χ1) is 12.2. The average molecular weight is 329 g/mol. The fourth-order valence-corrected chi connectivity index (χ4v) is 2.75. The monoisotopic (exact) mass is 329 g/mol. The SMILES string of the molecule is O=C(Nc1cc(=O)n(-c2ccccc2)[nH]1)c1ccc2ccccc2c1. The van der Waals surface area contributed by atoms with Gasteiger partial charge in [-0.25, -0.2) is 4.68 Å². The highest BCUT2D eigenvalue weighted by molar-refractivity contribution is 6.06. The number of hydrogen-bond donors (Lipinski definition) is 2. The smallest absolute Gasteiger partial charge is 0.273 e. The predicted molar refractivity (Wildman–Crippen MR) is 98.3 cm³/mol. The van der Waals surface area contributed by atoms with Crippen LogP contribution in [0.3, 0.4) is 0 Å². The van der Waals surface area contributed by atoms with Crippen molar-refractivity contribution in [3.05, 3.63) is 94.8 Å². The highest BCUT2D eigenvalue weighted by Gasteiger charge is 2.10. The molecule has 0 atom stereocenters. The van der Waals surface area contributed by atoms with Crippen LogP contribution in [-0.2, 0) is 0 Å². The third kappa shape index (κ3) is 2.95. The second kappa shape index (κ2) is 6.13. The highest BCUT2D eigenvalue weighted by atomic mass is 16.2. The molecule has 3 aromatic carbocycles. The summed E-state index contributed by atoms with van der Waals surface area (Å²) in [6, 6.07) is 23.9. The number of carbonyl (C=O) groups is 1.